The summed E-state index contributed by atoms with van der Waals surface area (Å²) in [5.41, 5.74) is 4.70. The average Bonchev–Trinajstić information content (AvgIpc) is 3.17. The van der Waals surface area contributed by atoms with E-state index in [1.807, 2.05) is 36.8 Å². The quantitative estimate of drug-likeness (QED) is 0.736. The number of aromatic amines is 1. The Kier molecular flexibility index (Phi) is 5.07. The third-order valence-corrected chi connectivity index (χ3v) is 5.12. The summed E-state index contributed by atoms with van der Waals surface area (Å²) < 4.78 is 0. The zero-order valence-electron chi connectivity index (χ0n) is 15.2. The van der Waals surface area contributed by atoms with Crippen LogP contribution in [0.2, 0.25) is 0 Å². The van der Waals surface area contributed by atoms with Crippen LogP contribution < -0.4 is 5.32 Å². The third-order valence-electron chi connectivity index (χ3n) is 5.12. The molecule has 0 saturated carbocycles. The average molecular weight is 347 g/mol. The van der Waals surface area contributed by atoms with Crippen LogP contribution in [-0.4, -0.2) is 19.9 Å². The molecule has 4 heterocycles. The van der Waals surface area contributed by atoms with Crippen molar-refractivity contribution < 1.29 is 0 Å². The van der Waals surface area contributed by atoms with Crippen molar-refractivity contribution in [3.8, 4) is 0 Å². The van der Waals surface area contributed by atoms with E-state index >= 15 is 0 Å². The summed E-state index contributed by atoms with van der Waals surface area (Å²) in [5.74, 6) is 1.04. The van der Waals surface area contributed by atoms with Crippen molar-refractivity contribution in [1.29, 1.82) is 0 Å². The standard InChI is InChI=1S/C21H25N5/c1-15-6-5-13-23-20(15)18-8-4-9-19(26-18)21-24-14-17(25-21)11-10-16-7-2-3-12-22-16/h2-3,5-7,12-14,18-19,26H,4,8-11H2,1H3,(H,24,25)/t18-,19+/m0/s1. The topological polar surface area (TPSA) is 66.5 Å². The minimum atomic E-state index is 0.263. The number of nitrogens with zero attached hydrogens (tertiary/aromatic N) is 3. The van der Waals surface area contributed by atoms with Crippen LogP contribution in [0.1, 0.15) is 59.8 Å². The van der Waals surface area contributed by atoms with Gasteiger partial charge in [-0.25, -0.2) is 4.98 Å². The molecule has 2 N–H and O–H groups in total. The lowest BCUT2D eigenvalue weighted by Crippen LogP contribution is -2.32. The predicted molar refractivity (Wildman–Crippen MR) is 102 cm³/mol. The molecule has 5 nitrogen and oxygen atoms in total. The molecule has 0 amide bonds. The second-order valence-corrected chi connectivity index (χ2v) is 7.02. The van der Waals surface area contributed by atoms with Crippen LogP contribution in [0, 0.1) is 6.92 Å². The second kappa shape index (κ2) is 7.79. The number of rotatable bonds is 5. The summed E-state index contributed by atoms with van der Waals surface area (Å²) in [7, 11) is 0. The fourth-order valence-corrected chi connectivity index (χ4v) is 3.72. The molecule has 0 aliphatic carbocycles. The van der Waals surface area contributed by atoms with Crippen molar-refractivity contribution in [1.82, 2.24) is 25.3 Å². The van der Waals surface area contributed by atoms with E-state index in [4.69, 9.17) is 0 Å². The van der Waals surface area contributed by atoms with Crippen molar-refractivity contribution >= 4 is 0 Å². The molecule has 0 bridgehead atoms. The Morgan fingerprint density at radius 3 is 2.69 bits per heavy atom. The summed E-state index contributed by atoms with van der Waals surface area (Å²) in [4.78, 5) is 17.1. The Bertz CT molecular complexity index is 842. The monoisotopic (exact) mass is 347 g/mol. The SMILES string of the molecule is Cc1cccnc1[C@@H]1CCC[C@H](c2ncc(CCc3ccccn3)[nH]2)N1. The lowest BCUT2D eigenvalue weighted by Gasteiger charge is -2.30. The van der Waals surface area contributed by atoms with Gasteiger partial charge in [-0.05, 0) is 62.8 Å². The molecule has 0 spiro atoms. The van der Waals surface area contributed by atoms with Crippen molar-refractivity contribution in [2.45, 2.75) is 51.1 Å². The van der Waals surface area contributed by atoms with Gasteiger partial charge in [0.25, 0.3) is 0 Å². The molecule has 0 radical (unpaired) electrons. The van der Waals surface area contributed by atoms with Crippen LogP contribution in [0.15, 0.2) is 48.9 Å². The molecular formula is C21H25N5. The second-order valence-electron chi connectivity index (χ2n) is 7.02. The highest BCUT2D eigenvalue weighted by molar-refractivity contribution is 5.22. The van der Waals surface area contributed by atoms with Gasteiger partial charge in [0.15, 0.2) is 0 Å². The molecule has 1 saturated heterocycles. The fraction of sp³-hybridized carbons (Fsp3) is 0.381. The van der Waals surface area contributed by atoms with E-state index in [0.29, 0.717) is 6.04 Å². The predicted octanol–water partition coefficient (Wildman–Crippen LogP) is 3.85. The Labute approximate surface area is 154 Å². The fourth-order valence-electron chi connectivity index (χ4n) is 3.72. The van der Waals surface area contributed by atoms with E-state index in [9.17, 15) is 0 Å². The number of aromatic nitrogens is 4. The first-order valence-corrected chi connectivity index (χ1v) is 9.41. The first-order chi connectivity index (χ1) is 12.8. The van der Waals surface area contributed by atoms with E-state index in [1.165, 1.54) is 23.4 Å². The van der Waals surface area contributed by atoms with Gasteiger partial charge < -0.3 is 4.98 Å². The number of aryl methyl sites for hydroxylation is 3. The van der Waals surface area contributed by atoms with Crippen LogP contribution in [0.4, 0.5) is 0 Å². The van der Waals surface area contributed by atoms with E-state index in [0.717, 1.165) is 37.2 Å². The highest BCUT2D eigenvalue weighted by Crippen LogP contribution is 2.31. The summed E-state index contributed by atoms with van der Waals surface area (Å²) >= 11 is 0. The number of H-pyrrole nitrogens is 1. The maximum absolute atomic E-state index is 4.64. The molecule has 0 aromatic carbocycles. The van der Waals surface area contributed by atoms with E-state index in [1.54, 1.807) is 0 Å². The summed E-state index contributed by atoms with van der Waals surface area (Å²) in [6.45, 7) is 2.14. The number of pyridine rings is 2. The Hall–Kier alpha value is -2.53. The van der Waals surface area contributed by atoms with Gasteiger partial charge in [0.05, 0.1) is 17.8 Å². The highest BCUT2D eigenvalue weighted by Gasteiger charge is 2.26. The Morgan fingerprint density at radius 2 is 1.85 bits per heavy atom. The minimum absolute atomic E-state index is 0.263. The van der Waals surface area contributed by atoms with Gasteiger partial charge in [0.2, 0.25) is 0 Å². The maximum atomic E-state index is 4.64. The van der Waals surface area contributed by atoms with Gasteiger partial charge in [-0.15, -0.1) is 0 Å². The van der Waals surface area contributed by atoms with Crippen molar-refractivity contribution in [3.63, 3.8) is 0 Å². The Balaban J connectivity index is 1.41. The van der Waals surface area contributed by atoms with Crippen molar-refractivity contribution in [2.24, 2.45) is 0 Å². The Morgan fingerprint density at radius 1 is 0.962 bits per heavy atom. The number of imidazole rings is 1. The molecule has 2 atom stereocenters. The van der Waals surface area contributed by atoms with Crippen LogP contribution >= 0.6 is 0 Å². The van der Waals surface area contributed by atoms with Crippen LogP contribution in [-0.2, 0) is 12.8 Å². The number of nitrogens with one attached hydrogen (secondary N) is 2. The van der Waals surface area contributed by atoms with Gasteiger partial charge >= 0.3 is 0 Å². The zero-order chi connectivity index (χ0) is 17.8. The maximum Gasteiger partial charge on any atom is 0.123 e. The molecule has 26 heavy (non-hydrogen) atoms. The first kappa shape index (κ1) is 16.9. The third kappa shape index (κ3) is 3.83. The summed E-state index contributed by atoms with van der Waals surface area (Å²) in [6.07, 6.45) is 11.0. The van der Waals surface area contributed by atoms with Gasteiger partial charge in [0, 0.05) is 30.0 Å². The molecule has 1 fully saturated rings. The molecule has 5 heteroatoms. The molecule has 3 aromatic rings. The number of piperidine rings is 1. The van der Waals surface area contributed by atoms with Crippen molar-refractivity contribution in [2.75, 3.05) is 0 Å². The van der Waals surface area contributed by atoms with E-state index in [-0.39, 0.29) is 6.04 Å². The van der Waals surface area contributed by atoms with Crippen LogP contribution in [0.25, 0.3) is 0 Å². The molecule has 1 aliphatic rings. The van der Waals surface area contributed by atoms with Gasteiger partial charge in [-0.3, -0.25) is 15.3 Å². The normalized spacial score (nSPS) is 20.2. The van der Waals surface area contributed by atoms with Crippen LogP contribution in [0.3, 0.4) is 0 Å². The van der Waals surface area contributed by atoms with Gasteiger partial charge in [-0.1, -0.05) is 12.1 Å². The first-order valence-electron chi connectivity index (χ1n) is 9.41. The van der Waals surface area contributed by atoms with Crippen molar-refractivity contribution in [3.05, 3.63) is 77.4 Å². The van der Waals surface area contributed by atoms with Gasteiger partial charge in [0.1, 0.15) is 5.82 Å². The van der Waals surface area contributed by atoms with E-state index in [2.05, 4.69) is 44.3 Å². The minimum Gasteiger partial charge on any atom is -0.345 e. The lowest BCUT2D eigenvalue weighted by molar-refractivity contribution is 0.316. The lowest BCUT2D eigenvalue weighted by atomic mass is 9.94. The zero-order valence-corrected chi connectivity index (χ0v) is 15.2. The summed E-state index contributed by atoms with van der Waals surface area (Å²) in [6, 6.07) is 10.8. The summed E-state index contributed by atoms with van der Waals surface area (Å²) in [5, 5.41) is 3.75. The molecule has 134 valence electrons. The highest BCUT2D eigenvalue weighted by atomic mass is 15.1. The molecule has 1 aliphatic heterocycles. The molecule has 4 rings (SSSR count). The largest absolute Gasteiger partial charge is 0.345 e. The number of hydrogen-bond donors (Lipinski definition) is 2. The van der Waals surface area contributed by atoms with Crippen LogP contribution in [0.5, 0.6) is 0 Å². The van der Waals surface area contributed by atoms with E-state index < -0.39 is 0 Å². The smallest absolute Gasteiger partial charge is 0.123 e. The number of hydrogen-bond acceptors (Lipinski definition) is 4. The molecule has 0 unspecified atom stereocenters. The molecule has 3 aromatic heterocycles. The molecular weight excluding hydrogens is 322 g/mol. The van der Waals surface area contributed by atoms with Gasteiger partial charge in [-0.2, -0.15) is 0 Å².